The van der Waals surface area contributed by atoms with E-state index in [4.69, 9.17) is 4.74 Å². The molecule has 3 nitrogen and oxygen atoms in total. The van der Waals surface area contributed by atoms with Gasteiger partial charge in [-0.25, -0.2) is 4.79 Å². The van der Waals surface area contributed by atoms with Gasteiger partial charge in [0.25, 0.3) is 0 Å². The Morgan fingerprint density at radius 2 is 1.58 bits per heavy atom. The fourth-order valence-electron chi connectivity index (χ4n) is 2.89. The van der Waals surface area contributed by atoms with E-state index < -0.39 is 5.97 Å². The second-order valence-electron chi connectivity index (χ2n) is 8.13. The van der Waals surface area contributed by atoms with E-state index in [1.54, 1.807) is 13.0 Å². The quantitative estimate of drug-likeness (QED) is 0.443. The molecule has 0 saturated carbocycles. The van der Waals surface area contributed by atoms with E-state index in [-0.39, 0.29) is 23.0 Å². The van der Waals surface area contributed by atoms with Gasteiger partial charge in [-0.05, 0) is 53.0 Å². The fraction of sp³-hybridized carbons (Fsp3) is 0.524. The molecule has 0 atom stereocenters. The van der Waals surface area contributed by atoms with Crippen molar-refractivity contribution in [3.8, 4) is 6.07 Å². The SMILES string of the molecule is CCOC(=O)C(C#N)=Cc1cc(C(C)(C)C)c(C)c(C(C)(C)C)c1. The van der Waals surface area contributed by atoms with Gasteiger partial charge in [0.05, 0.1) is 6.61 Å². The maximum absolute atomic E-state index is 11.9. The second-order valence-corrected chi connectivity index (χ2v) is 8.13. The van der Waals surface area contributed by atoms with Crippen molar-refractivity contribution in [3.05, 3.63) is 40.0 Å². The van der Waals surface area contributed by atoms with Crippen LogP contribution < -0.4 is 0 Å². The molecule has 3 heteroatoms. The summed E-state index contributed by atoms with van der Waals surface area (Å²) < 4.78 is 4.96. The smallest absolute Gasteiger partial charge is 0.348 e. The van der Waals surface area contributed by atoms with Crippen LogP contribution in [0.3, 0.4) is 0 Å². The Kier molecular flexibility index (Phi) is 6.00. The fourth-order valence-corrected chi connectivity index (χ4v) is 2.89. The molecule has 0 aliphatic carbocycles. The van der Waals surface area contributed by atoms with Crippen LogP contribution in [0.4, 0.5) is 0 Å². The normalized spacial score (nSPS) is 12.7. The minimum atomic E-state index is -0.574. The van der Waals surface area contributed by atoms with Gasteiger partial charge in [0, 0.05) is 0 Å². The van der Waals surface area contributed by atoms with Gasteiger partial charge in [-0.2, -0.15) is 5.26 Å². The van der Waals surface area contributed by atoms with Gasteiger partial charge in [-0.15, -0.1) is 0 Å². The van der Waals surface area contributed by atoms with Crippen molar-refractivity contribution in [2.45, 2.75) is 66.2 Å². The lowest BCUT2D eigenvalue weighted by molar-refractivity contribution is -0.137. The number of ether oxygens (including phenoxy) is 1. The number of nitriles is 1. The summed E-state index contributed by atoms with van der Waals surface area (Å²) in [6.45, 7) is 17.2. The molecule has 0 N–H and O–H groups in total. The zero-order valence-corrected chi connectivity index (χ0v) is 16.2. The highest BCUT2D eigenvalue weighted by atomic mass is 16.5. The molecule has 0 aromatic heterocycles. The first-order valence-electron chi connectivity index (χ1n) is 8.36. The molecule has 0 bridgehead atoms. The van der Waals surface area contributed by atoms with E-state index in [0.29, 0.717) is 0 Å². The summed E-state index contributed by atoms with van der Waals surface area (Å²) in [5.41, 5.74) is 4.56. The van der Waals surface area contributed by atoms with Crippen LogP contribution in [-0.4, -0.2) is 12.6 Å². The van der Waals surface area contributed by atoms with Crippen LogP contribution in [0.2, 0.25) is 0 Å². The maximum atomic E-state index is 11.9. The number of esters is 1. The predicted molar refractivity (Wildman–Crippen MR) is 98.8 cm³/mol. The van der Waals surface area contributed by atoms with E-state index in [1.807, 2.05) is 6.07 Å². The van der Waals surface area contributed by atoms with Crippen LogP contribution in [0, 0.1) is 18.3 Å². The lowest BCUT2D eigenvalue weighted by Crippen LogP contribution is -2.20. The zero-order valence-electron chi connectivity index (χ0n) is 16.2. The van der Waals surface area contributed by atoms with Crippen LogP contribution >= 0.6 is 0 Å². The lowest BCUT2D eigenvalue weighted by Gasteiger charge is -2.29. The standard InChI is InChI=1S/C21H29NO2/c1-9-24-19(23)16(13-22)10-15-11-17(20(3,4)5)14(2)18(12-15)21(6,7)8/h10-12H,9H2,1-8H3. The minimum absolute atomic E-state index is 0.0231. The van der Waals surface area contributed by atoms with Crippen LogP contribution in [-0.2, 0) is 20.4 Å². The number of rotatable bonds is 3. The summed E-state index contributed by atoms with van der Waals surface area (Å²) >= 11 is 0. The van der Waals surface area contributed by atoms with Gasteiger partial charge in [0.1, 0.15) is 11.6 Å². The summed E-state index contributed by atoms with van der Waals surface area (Å²) in [4.78, 5) is 11.9. The third kappa shape index (κ3) is 4.71. The van der Waals surface area contributed by atoms with Crippen molar-refractivity contribution in [3.63, 3.8) is 0 Å². The molecule has 0 aliphatic rings. The second kappa shape index (κ2) is 7.21. The van der Waals surface area contributed by atoms with Crippen molar-refractivity contribution in [1.82, 2.24) is 0 Å². The molecule has 0 heterocycles. The van der Waals surface area contributed by atoms with E-state index in [0.717, 1.165) is 5.56 Å². The summed E-state index contributed by atoms with van der Waals surface area (Å²) in [7, 11) is 0. The topological polar surface area (TPSA) is 50.1 Å². The Morgan fingerprint density at radius 1 is 1.12 bits per heavy atom. The van der Waals surface area contributed by atoms with Crippen LogP contribution in [0.15, 0.2) is 17.7 Å². The largest absolute Gasteiger partial charge is 0.462 e. The maximum Gasteiger partial charge on any atom is 0.348 e. The van der Waals surface area contributed by atoms with E-state index in [2.05, 4.69) is 60.6 Å². The first-order valence-corrected chi connectivity index (χ1v) is 8.36. The first-order chi connectivity index (χ1) is 10.9. The number of nitrogens with zero attached hydrogens (tertiary/aromatic N) is 1. The van der Waals surface area contributed by atoms with Crippen molar-refractivity contribution in [2.24, 2.45) is 0 Å². The Hall–Kier alpha value is -2.08. The number of hydrogen-bond donors (Lipinski definition) is 0. The van der Waals surface area contributed by atoms with Crippen LogP contribution in [0.1, 0.15) is 70.7 Å². The van der Waals surface area contributed by atoms with E-state index in [9.17, 15) is 10.1 Å². The summed E-state index contributed by atoms with van der Waals surface area (Å²) in [6, 6.07) is 6.09. The molecule has 24 heavy (non-hydrogen) atoms. The highest BCUT2D eigenvalue weighted by molar-refractivity contribution is 5.97. The summed E-state index contributed by atoms with van der Waals surface area (Å²) in [5.74, 6) is -0.574. The molecule has 0 fully saturated rings. The zero-order chi connectivity index (χ0) is 18.7. The molecule has 0 spiro atoms. The number of benzene rings is 1. The summed E-state index contributed by atoms with van der Waals surface area (Å²) in [5, 5.41) is 9.28. The highest BCUT2D eigenvalue weighted by Crippen LogP contribution is 2.35. The monoisotopic (exact) mass is 327 g/mol. The molecule has 0 aliphatic heterocycles. The van der Waals surface area contributed by atoms with Crippen molar-refractivity contribution in [2.75, 3.05) is 6.61 Å². The third-order valence-electron chi connectivity index (χ3n) is 3.97. The van der Waals surface area contributed by atoms with Crippen molar-refractivity contribution >= 4 is 12.0 Å². The van der Waals surface area contributed by atoms with Gasteiger partial charge in [-0.3, -0.25) is 0 Å². The molecule has 0 unspecified atom stereocenters. The predicted octanol–water partition coefficient (Wildman–Crippen LogP) is 5.06. The van der Waals surface area contributed by atoms with Crippen LogP contribution in [0.5, 0.6) is 0 Å². The Morgan fingerprint density at radius 3 is 1.92 bits per heavy atom. The molecule has 130 valence electrons. The minimum Gasteiger partial charge on any atom is -0.462 e. The molecule has 0 saturated heterocycles. The molecule has 1 aromatic carbocycles. The lowest BCUT2D eigenvalue weighted by atomic mass is 9.75. The first kappa shape index (κ1) is 20.0. The number of carbonyl (C=O) groups is 1. The van der Waals surface area contributed by atoms with Crippen LogP contribution in [0.25, 0.3) is 6.08 Å². The van der Waals surface area contributed by atoms with Gasteiger partial charge in [0.15, 0.2) is 0 Å². The highest BCUT2D eigenvalue weighted by Gasteiger charge is 2.24. The third-order valence-corrected chi connectivity index (χ3v) is 3.97. The Bertz CT molecular complexity index is 657. The van der Waals surface area contributed by atoms with Gasteiger partial charge in [0.2, 0.25) is 0 Å². The van der Waals surface area contributed by atoms with Crippen molar-refractivity contribution in [1.29, 1.82) is 5.26 Å². The van der Waals surface area contributed by atoms with E-state index >= 15 is 0 Å². The molecular formula is C21H29NO2. The average molecular weight is 327 g/mol. The van der Waals surface area contributed by atoms with Gasteiger partial charge < -0.3 is 4.74 Å². The molecule has 0 amide bonds. The van der Waals surface area contributed by atoms with Gasteiger partial charge >= 0.3 is 5.97 Å². The molecule has 0 radical (unpaired) electrons. The average Bonchev–Trinajstić information content (AvgIpc) is 2.43. The Labute approximate surface area is 146 Å². The molecule has 1 aromatic rings. The number of hydrogen-bond acceptors (Lipinski definition) is 3. The number of carbonyl (C=O) groups excluding carboxylic acids is 1. The van der Waals surface area contributed by atoms with E-state index in [1.165, 1.54) is 16.7 Å². The molecule has 1 rings (SSSR count). The van der Waals surface area contributed by atoms with Crippen molar-refractivity contribution < 1.29 is 9.53 Å². The summed E-state index contributed by atoms with van der Waals surface area (Å²) in [6.07, 6.45) is 1.63. The molecular weight excluding hydrogens is 298 g/mol. The van der Waals surface area contributed by atoms with Gasteiger partial charge in [-0.1, -0.05) is 53.7 Å². The Balaban J connectivity index is 3.61.